The molecule has 5 rings (SSSR count). The predicted molar refractivity (Wildman–Crippen MR) is 140 cm³/mol. The quantitative estimate of drug-likeness (QED) is 0.321. The lowest BCUT2D eigenvalue weighted by molar-refractivity contribution is 0.0474. The zero-order valence-electron chi connectivity index (χ0n) is 20.2. The molecule has 7 heteroatoms. The van der Waals surface area contributed by atoms with Crippen molar-refractivity contribution < 1.29 is 14.3 Å². The number of nitrogens with zero attached hydrogens (tertiary/aromatic N) is 3. The number of amides is 2. The average molecular weight is 504 g/mol. The number of carbonyl (C=O) groups is 2. The number of piperazine rings is 1. The Morgan fingerprint density at radius 1 is 0.694 bits per heavy atom. The van der Waals surface area contributed by atoms with E-state index in [2.05, 4.69) is 52.3 Å². The second-order valence-corrected chi connectivity index (χ2v) is 9.60. The molecular weight excluding hydrogens is 474 g/mol. The number of fused-ring (bicyclic) bond motifs is 1. The lowest BCUT2D eigenvalue weighted by atomic mass is 9.96. The maximum atomic E-state index is 12.5. The smallest absolute Gasteiger partial charge is 0.261 e. The number of hydrogen-bond donors (Lipinski definition) is 0. The topological polar surface area (TPSA) is 53.1 Å². The van der Waals surface area contributed by atoms with Crippen LogP contribution in [0, 0.1) is 0 Å². The molecule has 186 valence electrons. The highest BCUT2D eigenvalue weighted by molar-refractivity contribution is 6.30. The molecule has 1 fully saturated rings. The van der Waals surface area contributed by atoms with E-state index in [0.29, 0.717) is 24.3 Å². The zero-order chi connectivity index (χ0) is 24.9. The van der Waals surface area contributed by atoms with Crippen LogP contribution in [0.3, 0.4) is 0 Å². The molecule has 0 radical (unpaired) electrons. The first-order valence-electron chi connectivity index (χ1n) is 12.4. The van der Waals surface area contributed by atoms with E-state index in [1.807, 2.05) is 12.1 Å². The monoisotopic (exact) mass is 503 g/mol. The van der Waals surface area contributed by atoms with E-state index in [1.54, 1.807) is 24.3 Å². The normalized spacial score (nSPS) is 17.4. The van der Waals surface area contributed by atoms with Gasteiger partial charge in [0.2, 0.25) is 0 Å². The minimum absolute atomic E-state index is 0.196. The maximum absolute atomic E-state index is 12.5. The van der Waals surface area contributed by atoms with E-state index in [1.165, 1.54) is 16.0 Å². The summed E-state index contributed by atoms with van der Waals surface area (Å²) in [5.74, 6) is -0.465. The van der Waals surface area contributed by atoms with Crippen LogP contribution in [-0.4, -0.2) is 79.0 Å². The second-order valence-electron chi connectivity index (χ2n) is 9.16. The van der Waals surface area contributed by atoms with Gasteiger partial charge in [-0.15, -0.1) is 0 Å². The molecule has 1 saturated heterocycles. The summed E-state index contributed by atoms with van der Waals surface area (Å²) in [6, 6.07) is 25.9. The van der Waals surface area contributed by atoms with Crippen LogP contribution in [0.25, 0.3) is 0 Å². The first-order valence-corrected chi connectivity index (χ1v) is 12.8. The Balaban J connectivity index is 1.09. The van der Waals surface area contributed by atoms with Crippen molar-refractivity contribution in [1.82, 2.24) is 14.7 Å². The van der Waals surface area contributed by atoms with Gasteiger partial charge in [-0.25, -0.2) is 0 Å². The van der Waals surface area contributed by atoms with Crippen molar-refractivity contribution in [3.05, 3.63) is 106 Å². The first-order chi connectivity index (χ1) is 17.6. The number of halogens is 1. The third-order valence-corrected chi connectivity index (χ3v) is 7.21. The van der Waals surface area contributed by atoms with E-state index in [0.717, 1.165) is 37.7 Å². The zero-order valence-corrected chi connectivity index (χ0v) is 20.9. The summed E-state index contributed by atoms with van der Waals surface area (Å²) < 4.78 is 5.80. The second kappa shape index (κ2) is 11.4. The number of benzene rings is 3. The van der Waals surface area contributed by atoms with Gasteiger partial charge in [0, 0.05) is 37.7 Å². The maximum Gasteiger partial charge on any atom is 0.261 e. The summed E-state index contributed by atoms with van der Waals surface area (Å²) in [5, 5.41) is 0.749. The Bertz CT molecular complexity index is 1160. The standard InChI is InChI=1S/C29H30ClN3O3/c30-24-12-10-23(11-13-24)27(22-6-2-1-3-7-22)32-16-14-31(15-17-32)18-20-36-21-19-33-28(34)25-8-4-5-9-26(25)29(33)35/h1-13,27H,14-21H2. The van der Waals surface area contributed by atoms with Crippen LogP contribution in [0.2, 0.25) is 5.02 Å². The highest BCUT2D eigenvalue weighted by atomic mass is 35.5. The van der Waals surface area contributed by atoms with Crippen molar-refractivity contribution in [3.8, 4) is 0 Å². The summed E-state index contributed by atoms with van der Waals surface area (Å²) in [5.41, 5.74) is 3.49. The minimum atomic E-state index is -0.232. The van der Waals surface area contributed by atoms with Crippen LogP contribution in [-0.2, 0) is 4.74 Å². The van der Waals surface area contributed by atoms with E-state index in [-0.39, 0.29) is 24.4 Å². The van der Waals surface area contributed by atoms with Gasteiger partial charge in [0.25, 0.3) is 11.8 Å². The third-order valence-electron chi connectivity index (χ3n) is 6.96. The molecule has 2 aliphatic rings. The Kier molecular flexibility index (Phi) is 7.78. The third kappa shape index (κ3) is 5.37. The lowest BCUT2D eigenvalue weighted by Crippen LogP contribution is -2.48. The summed E-state index contributed by atoms with van der Waals surface area (Å²) in [7, 11) is 0. The summed E-state index contributed by atoms with van der Waals surface area (Å²) in [6.07, 6.45) is 0. The molecule has 0 spiro atoms. The minimum Gasteiger partial charge on any atom is -0.378 e. The molecule has 3 aromatic rings. The Hall–Kier alpha value is -3.03. The van der Waals surface area contributed by atoms with Crippen molar-refractivity contribution in [2.24, 2.45) is 0 Å². The van der Waals surface area contributed by atoms with Gasteiger partial charge < -0.3 is 4.74 Å². The molecule has 0 saturated carbocycles. The van der Waals surface area contributed by atoms with Crippen LogP contribution >= 0.6 is 11.6 Å². The number of ether oxygens (including phenoxy) is 1. The summed E-state index contributed by atoms with van der Waals surface area (Å²) >= 11 is 6.14. The molecule has 36 heavy (non-hydrogen) atoms. The molecule has 2 heterocycles. The number of rotatable bonds is 9. The van der Waals surface area contributed by atoms with Crippen LogP contribution in [0.4, 0.5) is 0 Å². The van der Waals surface area contributed by atoms with Gasteiger partial charge in [0.15, 0.2) is 0 Å². The van der Waals surface area contributed by atoms with Gasteiger partial charge in [-0.1, -0.05) is 66.2 Å². The van der Waals surface area contributed by atoms with Crippen molar-refractivity contribution >= 4 is 23.4 Å². The van der Waals surface area contributed by atoms with Crippen LogP contribution < -0.4 is 0 Å². The van der Waals surface area contributed by atoms with Crippen molar-refractivity contribution in [1.29, 1.82) is 0 Å². The molecule has 0 aromatic heterocycles. The molecule has 0 aliphatic carbocycles. The van der Waals surface area contributed by atoms with Gasteiger partial charge in [-0.2, -0.15) is 0 Å². The molecule has 0 N–H and O–H groups in total. The highest BCUT2D eigenvalue weighted by Crippen LogP contribution is 2.30. The van der Waals surface area contributed by atoms with Crippen molar-refractivity contribution in [2.75, 3.05) is 52.5 Å². The number of carbonyl (C=O) groups excluding carboxylic acids is 2. The van der Waals surface area contributed by atoms with Crippen molar-refractivity contribution in [3.63, 3.8) is 0 Å². The largest absolute Gasteiger partial charge is 0.378 e. The van der Waals surface area contributed by atoms with Gasteiger partial charge in [-0.05, 0) is 35.4 Å². The van der Waals surface area contributed by atoms with Gasteiger partial charge in [0.1, 0.15) is 0 Å². The summed E-state index contributed by atoms with van der Waals surface area (Å²) in [4.78, 5) is 31.1. The van der Waals surface area contributed by atoms with Crippen LogP contribution in [0.1, 0.15) is 37.9 Å². The number of hydrogen-bond acceptors (Lipinski definition) is 5. The molecule has 1 unspecified atom stereocenters. The van der Waals surface area contributed by atoms with E-state index < -0.39 is 0 Å². The van der Waals surface area contributed by atoms with Gasteiger partial charge in [-0.3, -0.25) is 24.3 Å². The molecule has 3 aromatic carbocycles. The first kappa shape index (κ1) is 24.7. The Morgan fingerprint density at radius 2 is 1.25 bits per heavy atom. The van der Waals surface area contributed by atoms with Crippen molar-refractivity contribution in [2.45, 2.75) is 6.04 Å². The SMILES string of the molecule is O=C1c2ccccc2C(=O)N1CCOCCN1CCN(C(c2ccccc2)c2ccc(Cl)cc2)CC1. The molecule has 0 bridgehead atoms. The van der Waals surface area contributed by atoms with E-state index >= 15 is 0 Å². The van der Waals surface area contributed by atoms with E-state index in [9.17, 15) is 9.59 Å². The van der Waals surface area contributed by atoms with Crippen LogP contribution in [0.15, 0.2) is 78.9 Å². The van der Waals surface area contributed by atoms with Gasteiger partial charge >= 0.3 is 0 Å². The average Bonchev–Trinajstić information content (AvgIpc) is 3.16. The molecule has 1 atom stereocenters. The van der Waals surface area contributed by atoms with Gasteiger partial charge in [0.05, 0.1) is 36.9 Å². The molecule has 2 amide bonds. The van der Waals surface area contributed by atoms with Crippen LogP contribution in [0.5, 0.6) is 0 Å². The fraction of sp³-hybridized carbons (Fsp3) is 0.310. The molecule has 2 aliphatic heterocycles. The number of imide groups is 1. The lowest BCUT2D eigenvalue weighted by Gasteiger charge is -2.39. The predicted octanol–water partition coefficient (Wildman–Crippen LogP) is 4.36. The molecule has 6 nitrogen and oxygen atoms in total. The van der Waals surface area contributed by atoms with E-state index in [4.69, 9.17) is 16.3 Å². The Labute approximate surface area is 217 Å². The fourth-order valence-corrected chi connectivity index (χ4v) is 5.16. The summed E-state index contributed by atoms with van der Waals surface area (Å²) in [6.45, 7) is 5.85. The fourth-order valence-electron chi connectivity index (χ4n) is 5.03. The molecular formula is C29H30ClN3O3. The highest BCUT2D eigenvalue weighted by Gasteiger charge is 2.34. The Morgan fingerprint density at radius 3 is 1.89 bits per heavy atom.